The zero-order valence-corrected chi connectivity index (χ0v) is 12.9. The van der Waals surface area contributed by atoms with Crippen LogP contribution in [0.25, 0.3) is 0 Å². The minimum Gasteiger partial charge on any atom is -0.366 e. The quantitative estimate of drug-likeness (QED) is 0.945. The number of rotatable bonds is 3. The molecule has 2 heterocycles. The number of thioether (sulfide) groups is 1. The third-order valence-electron chi connectivity index (χ3n) is 3.56. The lowest BCUT2D eigenvalue weighted by molar-refractivity contribution is -0.0452. The fourth-order valence-electron chi connectivity index (χ4n) is 2.44. The lowest BCUT2D eigenvalue weighted by Gasteiger charge is -2.33. The molecule has 22 heavy (non-hydrogen) atoms. The highest BCUT2D eigenvalue weighted by atomic mass is 32.2. The van der Waals surface area contributed by atoms with Crippen molar-refractivity contribution in [3.8, 4) is 0 Å². The molecule has 0 radical (unpaired) electrons. The molecule has 1 saturated heterocycles. The lowest BCUT2D eigenvalue weighted by atomic mass is 10.0. The van der Waals surface area contributed by atoms with E-state index < -0.39 is 5.72 Å². The Morgan fingerprint density at radius 2 is 2.09 bits per heavy atom. The van der Waals surface area contributed by atoms with Crippen LogP contribution < -0.4 is 0 Å². The summed E-state index contributed by atoms with van der Waals surface area (Å²) in [6.07, 6.45) is 1.68. The van der Waals surface area contributed by atoms with Gasteiger partial charge in [-0.25, -0.2) is 14.4 Å². The Bertz CT molecular complexity index is 678. The number of nitrogens with zero attached hydrogens (tertiary/aromatic N) is 3. The van der Waals surface area contributed by atoms with Gasteiger partial charge in [-0.1, -0.05) is 30.0 Å². The first-order chi connectivity index (χ1) is 10.6. The summed E-state index contributed by atoms with van der Waals surface area (Å²) >= 11 is 1.47. The van der Waals surface area contributed by atoms with Crippen molar-refractivity contribution in [2.75, 3.05) is 12.3 Å². The smallest absolute Gasteiger partial charge is 0.175 e. The third-order valence-corrected chi connectivity index (χ3v) is 4.68. The summed E-state index contributed by atoms with van der Waals surface area (Å²) < 4.78 is 13.1. The van der Waals surface area contributed by atoms with Crippen LogP contribution in [-0.4, -0.2) is 32.5 Å². The van der Waals surface area contributed by atoms with Gasteiger partial charge in [0.2, 0.25) is 0 Å². The number of aliphatic imine (C=N–C) groups is 1. The number of pyridine rings is 1. The highest BCUT2D eigenvalue weighted by Gasteiger charge is 2.44. The summed E-state index contributed by atoms with van der Waals surface area (Å²) in [5.41, 5.74) is -0.518. The minimum absolute atomic E-state index is 0.316. The van der Waals surface area contributed by atoms with Gasteiger partial charge in [-0.15, -0.1) is 0 Å². The number of halogens is 1. The van der Waals surface area contributed by atoms with Crippen LogP contribution in [0.15, 0.2) is 53.7 Å². The van der Waals surface area contributed by atoms with Crippen LogP contribution in [0.5, 0.6) is 0 Å². The molecular weight excluding hydrogens is 301 g/mol. The van der Waals surface area contributed by atoms with Gasteiger partial charge in [-0.3, -0.25) is 0 Å². The number of amidine groups is 1. The number of aliphatic hydroxyl groups is 1. The summed E-state index contributed by atoms with van der Waals surface area (Å²) in [5.74, 6) is 0.730. The Balaban J connectivity index is 1.95. The van der Waals surface area contributed by atoms with E-state index in [1.54, 1.807) is 18.3 Å². The second-order valence-corrected chi connectivity index (χ2v) is 5.88. The third kappa shape index (κ3) is 2.71. The van der Waals surface area contributed by atoms with Gasteiger partial charge in [0, 0.05) is 18.3 Å². The normalized spacial score (nSPS) is 23.2. The molecule has 1 atom stereocenters. The van der Waals surface area contributed by atoms with Crippen molar-refractivity contribution >= 4 is 22.7 Å². The zero-order chi connectivity index (χ0) is 15.6. The molecule has 2 aromatic rings. The molecule has 1 fully saturated rings. The van der Waals surface area contributed by atoms with Crippen molar-refractivity contribution in [2.45, 2.75) is 12.6 Å². The molecule has 0 aliphatic carbocycles. The van der Waals surface area contributed by atoms with Gasteiger partial charge >= 0.3 is 0 Å². The molecule has 0 saturated carbocycles. The van der Waals surface area contributed by atoms with Crippen LogP contribution in [-0.2, 0) is 5.72 Å². The van der Waals surface area contributed by atoms with E-state index in [4.69, 9.17) is 0 Å². The van der Waals surface area contributed by atoms with Crippen LogP contribution in [0.1, 0.15) is 12.5 Å². The second kappa shape index (κ2) is 6.06. The molecule has 0 spiro atoms. The number of benzene rings is 1. The Morgan fingerprint density at radius 1 is 1.32 bits per heavy atom. The molecule has 1 aliphatic rings. The van der Waals surface area contributed by atoms with Gasteiger partial charge in [0.1, 0.15) is 5.82 Å². The van der Waals surface area contributed by atoms with E-state index in [1.165, 1.54) is 23.9 Å². The molecule has 1 aromatic heterocycles. The van der Waals surface area contributed by atoms with Crippen LogP contribution >= 0.6 is 11.8 Å². The molecule has 114 valence electrons. The molecule has 0 bridgehead atoms. The molecule has 6 heteroatoms. The maximum absolute atomic E-state index is 13.1. The SMILES string of the molecule is CCN1C(=Nc2ccccn2)SC[C@]1(O)c1ccc(F)cc1. The monoisotopic (exact) mass is 317 g/mol. The predicted octanol–water partition coefficient (Wildman–Crippen LogP) is 3.12. The van der Waals surface area contributed by atoms with Crippen molar-refractivity contribution in [3.63, 3.8) is 0 Å². The van der Waals surface area contributed by atoms with E-state index in [2.05, 4.69) is 9.98 Å². The van der Waals surface area contributed by atoms with Crippen molar-refractivity contribution in [2.24, 2.45) is 4.99 Å². The average molecular weight is 317 g/mol. The average Bonchev–Trinajstić information content (AvgIpc) is 2.86. The highest BCUT2D eigenvalue weighted by molar-refractivity contribution is 8.14. The van der Waals surface area contributed by atoms with Crippen molar-refractivity contribution in [1.29, 1.82) is 0 Å². The van der Waals surface area contributed by atoms with Gasteiger partial charge in [0.05, 0.1) is 5.75 Å². The van der Waals surface area contributed by atoms with E-state index >= 15 is 0 Å². The van der Waals surface area contributed by atoms with Crippen LogP contribution in [0.4, 0.5) is 10.2 Å². The molecule has 1 N–H and O–H groups in total. The topological polar surface area (TPSA) is 48.7 Å². The van der Waals surface area contributed by atoms with Gasteiger partial charge in [-0.2, -0.15) is 0 Å². The fraction of sp³-hybridized carbons (Fsp3) is 0.250. The van der Waals surface area contributed by atoms with E-state index in [1.807, 2.05) is 30.0 Å². The maximum atomic E-state index is 13.1. The minimum atomic E-state index is -1.18. The van der Waals surface area contributed by atoms with Crippen LogP contribution in [0.3, 0.4) is 0 Å². The summed E-state index contributed by atoms with van der Waals surface area (Å²) in [7, 11) is 0. The largest absolute Gasteiger partial charge is 0.366 e. The molecule has 3 rings (SSSR count). The Morgan fingerprint density at radius 3 is 2.73 bits per heavy atom. The summed E-state index contributed by atoms with van der Waals surface area (Å²) in [4.78, 5) is 10.5. The standard InChI is InChI=1S/C16H16FN3OS/c1-2-20-15(19-14-5-3-4-10-18-14)22-11-16(20,21)12-6-8-13(17)9-7-12/h3-10,21H,2,11H2,1H3/t16-/m0/s1. The van der Waals surface area contributed by atoms with Crippen LogP contribution in [0, 0.1) is 5.82 Å². The Labute approximate surface area is 132 Å². The van der Waals surface area contributed by atoms with Gasteiger partial charge in [-0.05, 0) is 31.2 Å². The van der Waals surface area contributed by atoms with E-state index in [9.17, 15) is 9.50 Å². The Hall–Kier alpha value is -1.92. The first kappa shape index (κ1) is 15.0. The van der Waals surface area contributed by atoms with Gasteiger partial charge < -0.3 is 10.0 Å². The second-order valence-electron chi connectivity index (χ2n) is 4.94. The summed E-state index contributed by atoms with van der Waals surface area (Å²) in [6, 6.07) is 11.5. The van der Waals surface area contributed by atoms with Crippen molar-refractivity contribution in [3.05, 3.63) is 60.0 Å². The summed E-state index contributed by atoms with van der Waals surface area (Å²) in [5, 5.41) is 11.8. The Kier molecular flexibility index (Phi) is 4.13. The molecule has 1 aromatic carbocycles. The van der Waals surface area contributed by atoms with Crippen LogP contribution in [0.2, 0.25) is 0 Å². The molecule has 1 aliphatic heterocycles. The molecular formula is C16H16FN3OS. The van der Waals surface area contributed by atoms with Gasteiger partial charge in [0.15, 0.2) is 16.7 Å². The first-order valence-corrected chi connectivity index (χ1v) is 8.00. The zero-order valence-electron chi connectivity index (χ0n) is 12.1. The fourth-order valence-corrected chi connectivity index (χ4v) is 3.69. The van der Waals surface area contributed by atoms with E-state index in [-0.39, 0.29) is 5.82 Å². The van der Waals surface area contributed by atoms with Gasteiger partial charge in [0.25, 0.3) is 0 Å². The summed E-state index contributed by atoms with van der Waals surface area (Å²) in [6.45, 7) is 2.54. The molecule has 4 nitrogen and oxygen atoms in total. The number of hydrogen-bond acceptors (Lipinski definition) is 4. The van der Waals surface area contributed by atoms with E-state index in [0.29, 0.717) is 28.8 Å². The van der Waals surface area contributed by atoms with Crippen molar-refractivity contribution in [1.82, 2.24) is 9.88 Å². The maximum Gasteiger partial charge on any atom is 0.175 e. The number of hydrogen-bond donors (Lipinski definition) is 1. The number of aromatic nitrogens is 1. The molecule has 0 unspecified atom stereocenters. The predicted molar refractivity (Wildman–Crippen MR) is 86.5 cm³/mol. The lowest BCUT2D eigenvalue weighted by Crippen LogP contribution is -2.44. The van der Waals surface area contributed by atoms with E-state index in [0.717, 1.165) is 0 Å². The molecule has 0 amide bonds. The highest BCUT2D eigenvalue weighted by Crippen LogP contribution is 2.39. The first-order valence-electron chi connectivity index (χ1n) is 7.02. The van der Waals surface area contributed by atoms with Crippen molar-refractivity contribution < 1.29 is 9.50 Å².